The van der Waals surface area contributed by atoms with Gasteiger partial charge in [-0.2, -0.15) is 0 Å². The smallest absolute Gasteiger partial charge is 0.253 e. The predicted molar refractivity (Wildman–Crippen MR) is 119 cm³/mol. The molecule has 1 saturated heterocycles. The van der Waals surface area contributed by atoms with Crippen molar-refractivity contribution < 1.29 is 14.3 Å². The summed E-state index contributed by atoms with van der Waals surface area (Å²) in [6.45, 7) is 3.59. The molecule has 6 heteroatoms. The molecule has 2 aromatic rings. The quantitative estimate of drug-likeness (QED) is 0.794. The van der Waals surface area contributed by atoms with Gasteiger partial charge in [0.25, 0.3) is 5.91 Å². The molecule has 2 aliphatic rings. The van der Waals surface area contributed by atoms with Crippen molar-refractivity contribution in [2.75, 3.05) is 45.2 Å². The highest BCUT2D eigenvalue weighted by molar-refractivity contribution is 5.94. The van der Waals surface area contributed by atoms with E-state index < -0.39 is 0 Å². The fourth-order valence-electron chi connectivity index (χ4n) is 4.07. The van der Waals surface area contributed by atoms with E-state index in [1.54, 1.807) is 19.0 Å². The Bertz CT molecular complexity index is 845. The summed E-state index contributed by atoms with van der Waals surface area (Å²) in [4.78, 5) is 16.0. The van der Waals surface area contributed by atoms with Crippen LogP contribution in [0.2, 0.25) is 0 Å². The molecule has 2 heterocycles. The third-order valence-electron chi connectivity index (χ3n) is 5.85. The minimum Gasteiger partial charge on any atom is -0.486 e. The first kappa shape index (κ1) is 20.5. The first-order valence-electron chi connectivity index (χ1n) is 10.8. The minimum absolute atomic E-state index is 0.0419. The van der Waals surface area contributed by atoms with Crippen LogP contribution in [0.25, 0.3) is 0 Å². The van der Waals surface area contributed by atoms with Gasteiger partial charge in [-0.25, -0.2) is 0 Å². The first-order chi connectivity index (χ1) is 14.6. The lowest BCUT2D eigenvalue weighted by atomic mass is 10.0. The highest BCUT2D eigenvalue weighted by Crippen LogP contribution is 2.31. The molecule has 1 fully saturated rings. The van der Waals surface area contributed by atoms with Crippen molar-refractivity contribution >= 4 is 11.6 Å². The Labute approximate surface area is 178 Å². The number of hydrogen-bond acceptors (Lipinski definition) is 5. The number of piperidine rings is 1. The lowest BCUT2D eigenvalue weighted by Gasteiger charge is -2.34. The van der Waals surface area contributed by atoms with E-state index in [2.05, 4.69) is 22.3 Å². The average Bonchev–Trinajstić information content (AvgIpc) is 2.79. The Morgan fingerprint density at radius 2 is 1.77 bits per heavy atom. The van der Waals surface area contributed by atoms with Crippen LogP contribution in [0.15, 0.2) is 48.5 Å². The number of fused-ring (bicyclic) bond motifs is 1. The molecular weight excluding hydrogens is 378 g/mol. The maximum Gasteiger partial charge on any atom is 0.253 e. The van der Waals surface area contributed by atoms with Crippen LogP contribution in [-0.2, 0) is 0 Å². The van der Waals surface area contributed by atoms with E-state index in [1.165, 1.54) is 5.69 Å². The molecule has 0 spiro atoms. The molecule has 1 amide bonds. The van der Waals surface area contributed by atoms with Crippen LogP contribution < -0.4 is 19.7 Å². The third-order valence-corrected chi connectivity index (χ3v) is 5.85. The molecule has 30 heavy (non-hydrogen) atoms. The maximum absolute atomic E-state index is 12.0. The second kappa shape index (κ2) is 9.39. The summed E-state index contributed by atoms with van der Waals surface area (Å²) in [5.41, 5.74) is 1.92. The number of benzene rings is 2. The number of para-hydroxylation sites is 2. The number of amides is 1. The molecule has 2 aromatic carbocycles. The number of ether oxygens (including phenoxy) is 2. The number of hydrogen-bond donors (Lipinski definition) is 1. The predicted octanol–water partition coefficient (Wildman–Crippen LogP) is 3.18. The Morgan fingerprint density at radius 1 is 1.07 bits per heavy atom. The number of rotatable bonds is 6. The van der Waals surface area contributed by atoms with E-state index in [9.17, 15) is 4.79 Å². The summed E-state index contributed by atoms with van der Waals surface area (Å²) in [5, 5.41) is 3.69. The number of nitrogens with one attached hydrogen (secondary N) is 1. The normalized spacial score (nSPS) is 18.9. The molecule has 0 aromatic heterocycles. The van der Waals surface area contributed by atoms with E-state index in [0.717, 1.165) is 56.0 Å². The Hall–Kier alpha value is -2.73. The van der Waals surface area contributed by atoms with Crippen LogP contribution in [0.5, 0.6) is 11.5 Å². The topological polar surface area (TPSA) is 54.0 Å². The molecule has 1 unspecified atom stereocenters. The maximum atomic E-state index is 12.0. The summed E-state index contributed by atoms with van der Waals surface area (Å²) >= 11 is 0. The van der Waals surface area contributed by atoms with Gasteiger partial charge < -0.3 is 24.6 Å². The molecule has 1 N–H and O–H groups in total. The lowest BCUT2D eigenvalue weighted by Crippen LogP contribution is -2.44. The van der Waals surface area contributed by atoms with E-state index in [1.807, 2.05) is 36.4 Å². The highest BCUT2D eigenvalue weighted by Gasteiger charge is 2.22. The molecule has 1 atom stereocenters. The van der Waals surface area contributed by atoms with Gasteiger partial charge in [0, 0.05) is 50.9 Å². The summed E-state index contributed by atoms with van der Waals surface area (Å²) in [7, 11) is 3.56. The van der Waals surface area contributed by atoms with Gasteiger partial charge in [0.1, 0.15) is 12.7 Å². The van der Waals surface area contributed by atoms with Crippen molar-refractivity contribution in [2.45, 2.75) is 31.4 Å². The van der Waals surface area contributed by atoms with E-state index in [-0.39, 0.29) is 12.0 Å². The largest absolute Gasteiger partial charge is 0.486 e. The molecule has 0 bridgehead atoms. The van der Waals surface area contributed by atoms with Crippen molar-refractivity contribution in [1.29, 1.82) is 0 Å². The van der Waals surface area contributed by atoms with E-state index in [0.29, 0.717) is 12.6 Å². The number of nitrogens with zero attached hydrogens (tertiary/aromatic N) is 2. The first-order valence-corrected chi connectivity index (χ1v) is 10.8. The summed E-state index contributed by atoms with van der Waals surface area (Å²) in [6, 6.07) is 16.4. The Morgan fingerprint density at radius 3 is 2.47 bits per heavy atom. The van der Waals surface area contributed by atoms with Crippen LogP contribution >= 0.6 is 0 Å². The van der Waals surface area contributed by atoms with Crippen molar-refractivity contribution in [3.8, 4) is 11.5 Å². The zero-order valence-corrected chi connectivity index (χ0v) is 17.8. The zero-order chi connectivity index (χ0) is 20.9. The Balaban J connectivity index is 1.19. The Kier molecular flexibility index (Phi) is 6.43. The van der Waals surface area contributed by atoms with Gasteiger partial charge >= 0.3 is 0 Å². The number of carbonyl (C=O) groups excluding carboxylic acids is 1. The summed E-state index contributed by atoms with van der Waals surface area (Å²) in [6.07, 6.45) is 3.28. The molecule has 4 rings (SSSR count). The summed E-state index contributed by atoms with van der Waals surface area (Å²) < 4.78 is 11.8. The van der Waals surface area contributed by atoms with Crippen LogP contribution in [-0.4, -0.2) is 63.3 Å². The fraction of sp³-hybridized carbons (Fsp3) is 0.458. The molecule has 0 aliphatic carbocycles. The van der Waals surface area contributed by atoms with Crippen molar-refractivity contribution in [3.63, 3.8) is 0 Å². The van der Waals surface area contributed by atoms with Crippen LogP contribution in [0.4, 0.5) is 5.69 Å². The third kappa shape index (κ3) is 4.87. The van der Waals surface area contributed by atoms with Gasteiger partial charge in [-0.1, -0.05) is 12.1 Å². The van der Waals surface area contributed by atoms with Crippen LogP contribution in [0, 0.1) is 0 Å². The lowest BCUT2D eigenvalue weighted by molar-refractivity contribution is 0.0827. The van der Waals surface area contributed by atoms with Crippen molar-refractivity contribution in [1.82, 2.24) is 10.2 Å². The molecule has 6 nitrogen and oxygen atoms in total. The molecule has 0 saturated carbocycles. The fourth-order valence-corrected chi connectivity index (χ4v) is 4.07. The van der Waals surface area contributed by atoms with Gasteiger partial charge in [-0.05, 0) is 55.8 Å². The second-order valence-corrected chi connectivity index (χ2v) is 8.25. The van der Waals surface area contributed by atoms with Gasteiger partial charge in [0.2, 0.25) is 0 Å². The van der Waals surface area contributed by atoms with Crippen LogP contribution in [0.1, 0.15) is 29.6 Å². The number of carbonyl (C=O) groups is 1. The zero-order valence-electron chi connectivity index (χ0n) is 17.8. The SMILES string of the molecule is CN(C)C(=O)c1ccc(N2CCC(NCCC3COc4ccccc4O3)CC2)cc1. The molecule has 2 aliphatic heterocycles. The molecular formula is C24H31N3O3. The van der Waals surface area contributed by atoms with Crippen molar-refractivity contribution in [2.24, 2.45) is 0 Å². The highest BCUT2D eigenvalue weighted by atomic mass is 16.6. The number of anilines is 1. The van der Waals surface area contributed by atoms with Gasteiger partial charge in [0.05, 0.1) is 0 Å². The van der Waals surface area contributed by atoms with Gasteiger partial charge in [0.15, 0.2) is 11.5 Å². The van der Waals surface area contributed by atoms with Gasteiger partial charge in [-0.15, -0.1) is 0 Å². The summed E-state index contributed by atoms with van der Waals surface area (Å²) in [5.74, 6) is 1.73. The monoisotopic (exact) mass is 409 g/mol. The molecule has 160 valence electrons. The van der Waals surface area contributed by atoms with Gasteiger partial charge in [-0.3, -0.25) is 4.79 Å². The van der Waals surface area contributed by atoms with E-state index >= 15 is 0 Å². The average molecular weight is 410 g/mol. The standard InChI is InChI=1S/C24H31N3O3/c1-26(2)24(28)18-7-9-20(10-8-18)27-15-12-19(13-16-27)25-14-11-21-17-29-22-5-3-4-6-23(22)30-21/h3-10,19,21,25H,11-17H2,1-2H3. The minimum atomic E-state index is 0.0419. The second-order valence-electron chi connectivity index (χ2n) is 8.25. The van der Waals surface area contributed by atoms with Crippen LogP contribution in [0.3, 0.4) is 0 Å². The molecule has 0 radical (unpaired) electrons. The van der Waals surface area contributed by atoms with Crippen molar-refractivity contribution in [3.05, 3.63) is 54.1 Å². The van der Waals surface area contributed by atoms with E-state index in [4.69, 9.17) is 9.47 Å².